The summed E-state index contributed by atoms with van der Waals surface area (Å²) in [5.74, 6) is -1.25. The summed E-state index contributed by atoms with van der Waals surface area (Å²) in [7, 11) is 1.55. The van der Waals surface area contributed by atoms with Crippen LogP contribution in [-0.2, 0) is 9.59 Å². The van der Waals surface area contributed by atoms with E-state index in [1.54, 1.807) is 25.3 Å². The third kappa shape index (κ3) is 7.55. The van der Waals surface area contributed by atoms with E-state index < -0.39 is 17.9 Å². The summed E-state index contributed by atoms with van der Waals surface area (Å²) in [6, 6.07) is 22.7. The van der Waals surface area contributed by atoms with E-state index in [4.69, 9.17) is 9.73 Å². The predicted molar refractivity (Wildman–Crippen MR) is 156 cm³/mol. The van der Waals surface area contributed by atoms with Gasteiger partial charge in [0.1, 0.15) is 5.75 Å². The number of methoxy groups -OCH3 is 1. The van der Waals surface area contributed by atoms with Crippen molar-refractivity contribution in [3.05, 3.63) is 95.6 Å². The van der Waals surface area contributed by atoms with E-state index in [9.17, 15) is 19.8 Å². The number of piperidine rings is 1. The lowest BCUT2D eigenvalue weighted by atomic mass is 9.88. The summed E-state index contributed by atoms with van der Waals surface area (Å²) >= 11 is 0. The van der Waals surface area contributed by atoms with Crippen LogP contribution in [-0.4, -0.2) is 72.1 Å². The van der Waals surface area contributed by atoms with E-state index in [2.05, 4.69) is 10.2 Å². The standard InChI is InChI=1S/C32H37N3O5/c1-40-25-14-10-13-24(21-25)26(17-20-36)31(32(38)39)34-30(23-11-4-2-5-12-23)27-15-6-7-16-28(27)33-29(37)22-35-18-8-3-9-19-35/h2,4-7,10-16,21,26,31,36H,3,8-9,17-20,22H2,1H3,(H,33,37)(H,38,39)/t26-,31+/m0/s1. The largest absolute Gasteiger partial charge is 0.497 e. The Hall–Kier alpha value is -4.01. The minimum Gasteiger partial charge on any atom is -0.497 e. The number of carbonyl (C=O) groups excluding carboxylic acids is 1. The second-order valence-corrected chi connectivity index (χ2v) is 9.95. The molecule has 1 aliphatic rings. The number of nitrogens with one attached hydrogen (secondary N) is 1. The average Bonchev–Trinajstić information content (AvgIpc) is 2.98. The molecule has 1 fully saturated rings. The molecule has 1 aliphatic heterocycles. The third-order valence-electron chi connectivity index (χ3n) is 7.18. The van der Waals surface area contributed by atoms with Crippen LogP contribution in [0.15, 0.2) is 83.9 Å². The second-order valence-electron chi connectivity index (χ2n) is 9.95. The highest BCUT2D eigenvalue weighted by molar-refractivity contribution is 6.17. The SMILES string of the molecule is COc1cccc([C@H](CCO)[C@@H](N=C(c2ccccc2)c2ccccc2NC(=O)CN2CCCCC2)C(=O)O)c1. The van der Waals surface area contributed by atoms with E-state index in [-0.39, 0.29) is 18.9 Å². The number of hydrogen-bond acceptors (Lipinski definition) is 6. The summed E-state index contributed by atoms with van der Waals surface area (Å²) in [6.45, 7) is 1.91. The van der Waals surface area contributed by atoms with Crippen LogP contribution in [0, 0.1) is 0 Å². The van der Waals surface area contributed by atoms with Crippen molar-refractivity contribution in [1.82, 2.24) is 4.90 Å². The Bertz CT molecular complexity index is 1300. The summed E-state index contributed by atoms with van der Waals surface area (Å²) in [5.41, 5.74) is 3.07. The lowest BCUT2D eigenvalue weighted by Gasteiger charge is -2.26. The molecule has 0 saturated carbocycles. The molecule has 40 heavy (non-hydrogen) atoms. The molecule has 3 N–H and O–H groups in total. The van der Waals surface area contributed by atoms with Crippen molar-refractivity contribution >= 4 is 23.3 Å². The number of carbonyl (C=O) groups is 2. The molecular formula is C32H37N3O5. The number of aliphatic carboxylic acids is 1. The minimum absolute atomic E-state index is 0.119. The molecule has 1 saturated heterocycles. The van der Waals surface area contributed by atoms with Gasteiger partial charge in [-0.3, -0.25) is 14.7 Å². The molecule has 1 heterocycles. The van der Waals surface area contributed by atoms with Gasteiger partial charge in [0, 0.05) is 23.7 Å². The van der Waals surface area contributed by atoms with E-state index in [1.807, 2.05) is 60.7 Å². The van der Waals surface area contributed by atoms with Crippen LogP contribution in [0.25, 0.3) is 0 Å². The summed E-state index contributed by atoms with van der Waals surface area (Å²) in [5, 5.41) is 23.3. The maximum Gasteiger partial charge on any atom is 0.329 e. The van der Waals surface area contributed by atoms with Gasteiger partial charge in [0.25, 0.3) is 0 Å². The Labute approximate surface area is 235 Å². The van der Waals surface area contributed by atoms with Gasteiger partial charge in [-0.25, -0.2) is 4.79 Å². The van der Waals surface area contributed by atoms with Crippen molar-refractivity contribution in [3.63, 3.8) is 0 Å². The van der Waals surface area contributed by atoms with Crippen molar-refractivity contribution in [3.8, 4) is 5.75 Å². The first kappa shape index (κ1) is 29.0. The fraction of sp³-hybridized carbons (Fsp3) is 0.344. The van der Waals surface area contributed by atoms with Crippen LogP contribution >= 0.6 is 0 Å². The number of para-hydroxylation sites is 1. The number of nitrogens with zero attached hydrogens (tertiary/aromatic N) is 2. The number of hydrogen-bond donors (Lipinski definition) is 3. The molecule has 2 atom stereocenters. The molecule has 0 aromatic heterocycles. The molecule has 0 bridgehead atoms. The van der Waals surface area contributed by atoms with E-state index in [1.165, 1.54) is 6.42 Å². The van der Waals surface area contributed by atoms with E-state index >= 15 is 0 Å². The summed E-state index contributed by atoms with van der Waals surface area (Å²) < 4.78 is 5.36. The van der Waals surface area contributed by atoms with E-state index in [0.29, 0.717) is 34.8 Å². The first-order valence-corrected chi connectivity index (χ1v) is 13.7. The van der Waals surface area contributed by atoms with Gasteiger partial charge in [0.15, 0.2) is 6.04 Å². The summed E-state index contributed by atoms with van der Waals surface area (Å²) in [4.78, 5) is 32.8. The number of ether oxygens (including phenoxy) is 1. The first-order chi connectivity index (χ1) is 19.5. The average molecular weight is 544 g/mol. The monoisotopic (exact) mass is 543 g/mol. The number of amides is 1. The molecule has 8 heteroatoms. The van der Waals surface area contributed by atoms with Crippen molar-refractivity contribution < 1.29 is 24.5 Å². The topological polar surface area (TPSA) is 111 Å². The van der Waals surface area contributed by atoms with Crippen LogP contribution in [0.5, 0.6) is 5.75 Å². The van der Waals surface area contributed by atoms with Gasteiger partial charge in [-0.1, -0.05) is 67.1 Å². The molecule has 4 rings (SSSR count). The molecule has 3 aromatic carbocycles. The van der Waals surface area contributed by atoms with Gasteiger partial charge in [-0.2, -0.15) is 0 Å². The number of carboxylic acid groups (broad SMARTS) is 1. The van der Waals surface area contributed by atoms with Gasteiger partial charge in [0.05, 0.1) is 25.1 Å². The van der Waals surface area contributed by atoms with Crippen LogP contribution in [0.2, 0.25) is 0 Å². The fourth-order valence-corrected chi connectivity index (χ4v) is 5.18. The number of likely N-dealkylation sites (tertiary alicyclic amines) is 1. The third-order valence-corrected chi connectivity index (χ3v) is 7.18. The maximum absolute atomic E-state index is 13.0. The maximum atomic E-state index is 13.0. The number of aliphatic hydroxyl groups excluding tert-OH is 1. The van der Waals surface area contributed by atoms with Gasteiger partial charge in [-0.15, -0.1) is 0 Å². The van der Waals surface area contributed by atoms with E-state index in [0.717, 1.165) is 31.5 Å². The highest BCUT2D eigenvalue weighted by atomic mass is 16.5. The van der Waals surface area contributed by atoms with Crippen LogP contribution < -0.4 is 10.1 Å². The zero-order valence-electron chi connectivity index (χ0n) is 22.8. The molecular weight excluding hydrogens is 506 g/mol. The number of aliphatic hydroxyl groups is 1. The molecule has 1 amide bonds. The highest BCUT2D eigenvalue weighted by Crippen LogP contribution is 2.31. The number of carboxylic acids is 1. The minimum atomic E-state index is -1.20. The Morgan fingerprint density at radius 2 is 1.70 bits per heavy atom. The lowest BCUT2D eigenvalue weighted by molar-refractivity contribution is -0.139. The quantitative estimate of drug-likeness (QED) is 0.289. The molecule has 0 spiro atoms. The number of benzene rings is 3. The highest BCUT2D eigenvalue weighted by Gasteiger charge is 2.30. The Kier molecular flexibility index (Phi) is 10.4. The van der Waals surface area contributed by atoms with Gasteiger partial charge < -0.3 is 20.3 Å². The second kappa shape index (κ2) is 14.4. The summed E-state index contributed by atoms with van der Waals surface area (Å²) in [6.07, 6.45) is 3.57. The molecule has 0 unspecified atom stereocenters. The van der Waals surface area contributed by atoms with Crippen LogP contribution in [0.4, 0.5) is 5.69 Å². The van der Waals surface area contributed by atoms with Crippen LogP contribution in [0.3, 0.4) is 0 Å². The zero-order chi connectivity index (χ0) is 28.3. The van der Waals surface area contributed by atoms with Gasteiger partial charge in [0.2, 0.25) is 5.91 Å². The zero-order valence-corrected chi connectivity index (χ0v) is 22.8. The number of aliphatic imine (C=N–C) groups is 1. The molecule has 210 valence electrons. The number of rotatable bonds is 12. The van der Waals surface area contributed by atoms with Gasteiger partial charge in [-0.05, 0) is 56.1 Å². The molecule has 8 nitrogen and oxygen atoms in total. The van der Waals surface area contributed by atoms with Gasteiger partial charge >= 0.3 is 5.97 Å². The lowest BCUT2D eigenvalue weighted by Crippen LogP contribution is -2.37. The van der Waals surface area contributed by atoms with Crippen LogP contribution in [0.1, 0.15) is 48.3 Å². The van der Waals surface area contributed by atoms with Crippen molar-refractivity contribution in [1.29, 1.82) is 0 Å². The van der Waals surface area contributed by atoms with Crippen molar-refractivity contribution in [2.75, 3.05) is 38.7 Å². The van der Waals surface area contributed by atoms with Crippen molar-refractivity contribution in [2.45, 2.75) is 37.6 Å². The normalized spacial score (nSPS) is 15.7. The Balaban J connectivity index is 1.76. The predicted octanol–water partition coefficient (Wildman–Crippen LogP) is 4.58. The number of anilines is 1. The Morgan fingerprint density at radius 3 is 2.40 bits per heavy atom. The first-order valence-electron chi connectivity index (χ1n) is 13.7. The van der Waals surface area contributed by atoms with Crippen molar-refractivity contribution in [2.24, 2.45) is 4.99 Å². The molecule has 0 aliphatic carbocycles. The smallest absolute Gasteiger partial charge is 0.329 e. The fourth-order valence-electron chi connectivity index (χ4n) is 5.18. The molecule has 3 aromatic rings. The Morgan fingerprint density at radius 1 is 0.975 bits per heavy atom. The molecule has 0 radical (unpaired) electrons.